The van der Waals surface area contributed by atoms with Gasteiger partial charge in [0.25, 0.3) is 0 Å². The third kappa shape index (κ3) is 6.61. The maximum atomic E-state index is 12.2. The van der Waals surface area contributed by atoms with Gasteiger partial charge in [-0.1, -0.05) is 35.9 Å². The molecule has 1 atom stereocenters. The van der Waals surface area contributed by atoms with Gasteiger partial charge in [-0.2, -0.15) is 8.78 Å². The first-order chi connectivity index (χ1) is 12.3. The van der Waals surface area contributed by atoms with Crippen LogP contribution in [0.5, 0.6) is 5.75 Å². The largest absolute Gasteiger partial charge is 0.435 e. The van der Waals surface area contributed by atoms with Crippen LogP contribution in [0, 0.1) is 0 Å². The van der Waals surface area contributed by atoms with E-state index in [0.29, 0.717) is 11.6 Å². The number of hydrogen-bond donors (Lipinski definition) is 1. The number of nitrogens with one attached hydrogen (secondary N) is 1. The molecule has 0 aromatic heterocycles. The van der Waals surface area contributed by atoms with Gasteiger partial charge in [-0.3, -0.25) is 9.69 Å². The van der Waals surface area contributed by atoms with Crippen molar-refractivity contribution in [2.24, 2.45) is 0 Å². The fraction of sp³-hybridized carbons (Fsp3) is 0.316. The van der Waals surface area contributed by atoms with Crippen molar-refractivity contribution in [2.75, 3.05) is 13.6 Å². The Kier molecular flexibility index (Phi) is 7.36. The normalized spacial score (nSPS) is 12.3. The van der Waals surface area contributed by atoms with Crippen LogP contribution in [0.25, 0.3) is 0 Å². The van der Waals surface area contributed by atoms with Gasteiger partial charge in [0.1, 0.15) is 5.75 Å². The number of benzene rings is 2. The van der Waals surface area contributed by atoms with E-state index >= 15 is 0 Å². The number of nitrogens with zero attached hydrogens (tertiary/aromatic N) is 1. The van der Waals surface area contributed by atoms with Crippen molar-refractivity contribution in [3.63, 3.8) is 0 Å². The minimum Gasteiger partial charge on any atom is -0.435 e. The Hall–Kier alpha value is -2.18. The molecule has 0 aliphatic rings. The quantitative estimate of drug-likeness (QED) is 0.742. The topological polar surface area (TPSA) is 41.6 Å². The first-order valence-electron chi connectivity index (χ1n) is 8.10. The van der Waals surface area contributed by atoms with Crippen molar-refractivity contribution >= 4 is 17.5 Å². The van der Waals surface area contributed by atoms with E-state index in [0.717, 1.165) is 11.1 Å². The highest BCUT2D eigenvalue weighted by atomic mass is 35.5. The maximum absolute atomic E-state index is 12.2. The number of carbonyl (C=O) groups is 1. The standard InChI is InChI=1S/C19H21ClF2N2O2/c1-13(15-5-7-16(20)8-6-15)23-18(25)12-24(2)11-14-3-9-17(10-4-14)26-19(21)22/h3-10,13,19H,11-12H2,1-2H3,(H,23,25)/t13-/m0/s1. The van der Waals surface area contributed by atoms with Crippen LogP contribution in [0.2, 0.25) is 5.02 Å². The fourth-order valence-electron chi connectivity index (χ4n) is 2.51. The lowest BCUT2D eigenvalue weighted by atomic mass is 10.1. The summed E-state index contributed by atoms with van der Waals surface area (Å²) in [5, 5.41) is 3.59. The fourth-order valence-corrected chi connectivity index (χ4v) is 2.64. The number of carbonyl (C=O) groups excluding carboxylic acids is 1. The lowest BCUT2D eigenvalue weighted by Gasteiger charge is -2.19. The summed E-state index contributed by atoms with van der Waals surface area (Å²) in [5.41, 5.74) is 1.87. The van der Waals surface area contributed by atoms with Gasteiger partial charge in [-0.15, -0.1) is 0 Å². The Balaban J connectivity index is 1.81. The third-order valence-electron chi connectivity index (χ3n) is 3.76. The molecule has 4 nitrogen and oxygen atoms in total. The smallest absolute Gasteiger partial charge is 0.387 e. The molecule has 0 unspecified atom stereocenters. The van der Waals surface area contributed by atoms with E-state index in [1.54, 1.807) is 24.3 Å². The number of ether oxygens (including phenoxy) is 1. The van der Waals surface area contributed by atoms with Gasteiger partial charge < -0.3 is 10.1 Å². The van der Waals surface area contributed by atoms with E-state index < -0.39 is 6.61 Å². The van der Waals surface area contributed by atoms with E-state index in [1.807, 2.05) is 31.0 Å². The zero-order valence-electron chi connectivity index (χ0n) is 14.6. The van der Waals surface area contributed by atoms with Gasteiger partial charge in [-0.05, 0) is 49.4 Å². The summed E-state index contributed by atoms with van der Waals surface area (Å²) in [5.74, 6) is 0.00791. The van der Waals surface area contributed by atoms with Crippen molar-refractivity contribution in [2.45, 2.75) is 26.1 Å². The molecule has 2 aromatic rings. The molecule has 2 aromatic carbocycles. The number of rotatable bonds is 8. The van der Waals surface area contributed by atoms with Crippen LogP contribution < -0.4 is 10.1 Å². The summed E-state index contributed by atoms with van der Waals surface area (Å²) in [4.78, 5) is 14.0. The highest BCUT2D eigenvalue weighted by molar-refractivity contribution is 6.30. The van der Waals surface area contributed by atoms with Crippen LogP contribution in [0.4, 0.5) is 8.78 Å². The van der Waals surface area contributed by atoms with Gasteiger partial charge in [0.05, 0.1) is 12.6 Å². The van der Waals surface area contributed by atoms with Gasteiger partial charge in [0.15, 0.2) is 0 Å². The minimum absolute atomic E-state index is 0.104. The average molecular weight is 383 g/mol. The van der Waals surface area contributed by atoms with Gasteiger partial charge in [-0.25, -0.2) is 0 Å². The van der Waals surface area contributed by atoms with E-state index in [1.165, 1.54) is 12.1 Å². The molecule has 0 aliphatic carbocycles. The number of likely N-dealkylation sites (N-methyl/N-ethyl adjacent to an activating group) is 1. The predicted molar refractivity (Wildman–Crippen MR) is 97.4 cm³/mol. The van der Waals surface area contributed by atoms with Crippen molar-refractivity contribution in [1.29, 1.82) is 0 Å². The average Bonchev–Trinajstić information content (AvgIpc) is 2.56. The van der Waals surface area contributed by atoms with Crippen LogP contribution in [0.3, 0.4) is 0 Å². The molecule has 0 radical (unpaired) electrons. The highest BCUT2D eigenvalue weighted by Crippen LogP contribution is 2.17. The molecule has 0 saturated heterocycles. The van der Waals surface area contributed by atoms with Crippen molar-refractivity contribution in [3.05, 3.63) is 64.7 Å². The number of alkyl halides is 2. The van der Waals surface area contributed by atoms with Crippen LogP contribution in [-0.4, -0.2) is 31.0 Å². The summed E-state index contributed by atoms with van der Waals surface area (Å²) in [7, 11) is 1.82. The second-order valence-corrected chi connectivity index (χ2v) is 6.47. The first-order valence-corrected chi connectivity index (χ1v) is 8.48. The second-order valence-electron chi connectivity index (χ2n) is 6.04. The molecule has 7 heteroatoms. The molecule has 0 spiro atoms. The van der Waals surface area contributed by atoms with E-state index in [-0.39, 0.29) is 24.2 Å². The zero-order valence-corrected chi connectivity index (χ0v) is 15.3. The van der Waals surface area contributed by atoms with Crippen LogP contribution in [0.1, 0.15) is 24.1 Å². The monoisotopic (exact) mass is 382 g/mol. The SMILES string of the molecule is C[C@H](NC(=O)CN(C)Cc1ccc(OC(F)F)cc1)c1ccc(Cl)cc1. The summed E-state index contributed by atoms with van der Waals surface area (Å²) in [6, 6.07) is 13.6. The molecule has 0 aliphatic heterocycles. The molecule has 1 amide bonds. The van der Waals surface area contributed by atoms with Crippen LogP contribution >= 0.6 is 11.6 Å². The Morgan fingerprint density at radius 2 is 1.77 bits per heavy atom. The summed E-state index contributed by atoms with van der Waals surface area (Å²) >= 11 is 5.86. The van der Waals surface area contributed by atoms with Crippen molar-refractivity contribution in [3.8, 4) is 5.75 Å². The molecule has 0 bridgehead atoms. The number of hydrogen-bond acceptors (Lipinski definition) is 3. The molecule has 1 N–H and O–H groups in total. The lowest BCUT2D eigenvalue weighted by molar-refractivity contribution is -0.122. The lowest BCUT2D eigenvalue weighted by Crippen LogP contribution is -2.36. The number of amides is 1. The highest BCUT2D eigenvalue weighted by Gasteiger charge is 2.12. The van der Waals surface area contributed by atoms with Gasteiger partial charge in [0, 0.05) is 11.6 Å². The Morgan fingerprint density at radius 1 is 1.15 bits per heavy atom. The van der Waals surface area contributed by atoms with Crippen molar-refractivity contribution < 1.29 is 18.3 Å². The number of halogens is 3. The van der Waals surface area contributed by atoms with Gasteiger partial charge >= 0.3 is 6.61 Å². The Labute approximate surface area is 156 Å². The summed E-state index contributed by atoms with van der Waals surface area (Å²) < 4.78 is 28.6. The zero-order chi connectivity index (χ0) is 19.1. The maximum Gasteiger partial charge on any atom is 0.387 e. The second kappa shape index (κ2) is 9.50. The first kappa shape index (κ1) is 20.1. The third-order valence-corrected chi connectivity index (χ3v) is 4.01. The summed E-state index contributed by atoms with van der Waals surface area (Å²) in [6.45, 7) is -0.205. The van der Waals surface area contributed by atoms with Crippen LogP contribution in [-0.2, 0) is 11.3 Å². The molecule has 0 heterocycles. The molecule has 0 saturated carbocycles. The molecular formula is C19H21ClF2N2O2. The molecule has 2 rings (SSSR count). The van der Waals surface area contributed by atoms with Gasteiger partial charge in [0.2, 0.25) is 5.91 Å². The molecule has 140 valence electrons. The molecule has 0 fully saturated rings. The predicted octanol–water partition coefficient (Wildman–Crippen LogP) is 4.25. The summed E-state index contributed by atoms with van der Waals surface area (Å²) in [6.07, 6.45) is 0. The minimum atomic E-state index is -2.84. The van der Waals surface area contributed by atoms with E-state index in [4.69, 9.17) is 11.6 Å². The molecular weight excluding hydrogens is 362 g/mol. The van der Waals surface area contributed by atoms with E-state index in [9.17, 15) is 13.6 Å². The molecule has 26 heavy (non-hydrogen) atoms. The van der Waals surface area contributed by atoms with Crippen molar-refractivity contribution in [1.82, 2.24) is 10.2 Å². The van der Waals surface area contributed by atoms with E-state index in [2.05, 4.69) is 10.1 Å². The van der Waals surface area contributed by atoms with Crippen LogP contribution in [0.15, 0.2) is 48.5 Å². The Bertz CT molecular complexity index is 708. The Morgan fingerprint density at radius 3 is 2.35 bits per heavy atom.